The van der Waals surface area contributed by atoms with Gasteiger partial charge in [0.2, 0.25) is 0 Å². The Morgan fingerprint density at radius 3 is 2.23 bits per heavy atom. The van der Waals surface area contributed by atoms with Crippen LogP contribution in [-0.2, 0) is 20.8 Å². The second kappa shape index (κ2) is 7.48. The van der Waals surface area contributed by atoms with Gasteiger partial charge in [0.1, 0.15) is 0 Å². The molecule has 1 aromatic carbocycles. The Labute approximate surface area is 152 Å². The number of carboxylic acid groups (broad SMARTS) is 3. The van der Waals surface area contributed by atoms with Crippen LogP contribution in [0.25, 0.3) is 0 Å². The molecule has 6 heteroatoms. The molecular weight excluding hydrogens is 336 g/mol. The molecule has 2 rings (SSSR count). The molecule has 1 saturated carbocycles. The predicted molar refractivity (Wildman–Crippen MR) is 94.7 cm³/mol. The molecule has 0 amide bonds. The highest BCUT2D eigenvalue weighted by molar-refractivity contribution is 5.88. The lowest BCUT2D eigenvalue weighted by atomic mass is 9.47. The number of benzene rings is 1. The molecule has 0 radical (unpaired) electrons. The number of carbonyl (C=O) groups is 3. The zero-order valence-electron chi connectivity index (χ0n) is 15.1. The maximum atomic E-state index is 12.5. The lowest BCUT2D eigenvalue weighted by Crippen LogP contribution is -2.60. The van der Waals surface area contributed by atoms with Crippen molar-refractivity contribution in [3.8, 4) is 0 Å². The lowest BCUT2D eigenvalue weighted by Gasteiger charge is -2.53. The molecular formula is C20H26O6. The molecule has 1 fully saturated rings. The first-order valence-electron chi connectivity index (χ1n) is 8.88. The van der Waals surface area contributed by atoms with Crippen molar-refractivity contribution in [2.75, 3.05) is 0 Å². The van der Waals surface area contributed by atoms with Gasteiger partial charge in [-0.05, 0) is 43.1 Å². The summed E-state index contributed by atoms with van der Waals surface area (Å²) in [6.07, 6.45) is 0.652. The molecule has 0 bridgehead atoms. The van der Waals surface area contributed by atoms with Gasteiger partial charge in [-0.15, -0.1) is 0 Å². The van der Waals surface area contributed by atoms with E-state index in [4.69, 9.17) is 0 Å². The molecule has 0 saturated heterocycles. The van der Waals surface area contributed by atoms with Crippen LogP contribution in [-0.4, -0.2) is 33.2 Å². The highest BCUT2D eigenvalue weighted by Crippen LogP contribution is 2.59. The lowest BCUT2D eigenvalue weighted by molar-refractivity contribution is -0.190. The van der Waals surface area contributed by atoms with Gasteiger partial charge in [0.25, 0.3) is 0 Å². The van der Waals surface area contributed by atoms with Gasteiger partial charge >= 0.3 is 17.9 Å². The molecule has 4 atom stereocenters. The molecule has 1 aromatic rings. The van der Waals surface area contributed by atoms with E-state index >= 15 is 0 Å². The molecule has 1 aliphatic rings. The molecule has 3 N–H and O–H groups in total. The van der Waals surface area contributed by atoms with Crippen LogP contribution in [0, 0.1) is 22.7 Å². The number of hydrogen-bond donors (Lipinski definition) is 3. The molecule has 4 unspecified atom stereocenters. The van der Waals surface area contributed by atoms with Gasteiger partial charge in [-0.25, -0.2) is 0 Å². The van der Waals surface area contributed by atoms with Crippen molar-refractivity contribution in [2.24, 2.45) is 22.7 Å². The first kappa shape index (κ1) is 19.9. The summed E-state index contributed by atoms with van der Waals surface area (Å²) in [7, 11) is 0. The van der Waals surface area contributed by atoms with Gasteiger partial charge in [-0.3, -0.25) is 14.4 Å². The Hall–Kier alpha value is -2.37. The maximum absolute atomic E-state index is 12.5. The molecule has 0 aromatic heterocycles. The van der Waals surface area contributed by atoms with Crippen LogP contribution < -0.4 is 0 Å². The molecule has 6 nitrogen and oxygen atoms in total. The summed E-state index contributed by atoms with van der Waals surface area (Å²) in [5.41, 5.74) is -2.43. The smallest absolute Gasteiger partial charge is 0.311 e. The third kappa shape index (κ3) is 3.32. The number of carboxylic acids is 3. The highest BCUT2D eigenvalue weighted by Gasteiger charge is 2.65. The van der Waals surface area contributed by atoms with E-state index in [1.54, 1.807) is 31.2 Å². The number of rotatable bonds is 7. The summed E-state index contributed by atoms with van der Waals surface area (Å²) < 4.78 is 0. The van der Waals surface area contributed by atoms with E-state index in [1.807, 2.05) is 13.0 Å². The van der Waals surface area contributed by atoms with E-state index in [0.717, 1.165) is 5.56 Å². The number of aliphatic carboxylic acids is 3. The largest absolute Gasteiger partial charge is 0.481 e. The van der Waals surface area contributed by atoms with E-state index in [1.165, 1.54) is 0 Å². The SMILES string of the molecule is CC1CCC(C(=O)O)(C(C)CC(=O)O)C(Cc2ccccc2)(C(=O)O)C1. The van der Waals surface area contributed by atoms with Crippen LogP contribution in [0.3, 0.4) is 0 Å². The first-order chi connectivity index (χ1) is 12.2. The first-order valence-corrected chi connectivity index (χ1v) is 8.88. The minimum atomic E-state index is -1.63. The molecule has 0 spiro atoms. The van der Waals surface area contributed by atoms with Crippen molar-refractivity contribution in [2.45, 2.75) is 46.0 Å². The summed E-state index contributed by atoms with van der Waals surface area (Å²) >= 11 is 0. The Morgan fingerprint density at radius 1 is 1.12 bits per heavy atom. The normalized spacial score (nSPS) is 29.7. The predicted octanol–water partition coefficient (Wildman–Crippen LogP) is 3.30. The van der Waals surface area contributed by atoms with Crippen LogP contribution in [0.15, 0.2) is 30.3 Å². The summed E-state index contributed by atoms with van der Waals surface area (Å²) in [4.78, 5) is 36.3. The fourth-order valence-electron chi connectivity index (χ4n) is 4.80. The zero-order valence-corrected chi connectivity index (χ0v) is 15.1. The van der Waals surface area contributed by atoms with Crippen LogP contribution >= 0.6 is 0 Å². The monoisotopic (exact) mass is 362 g/mol. The Kier molecular flexibility index (Phi) is 5.74. The van der Waals surface area contributed by atoms with Gasteiger partial charge in [0.05, 0.1) is 10.8 Å². The number of hydrogen-bond acceptors (Lipinski definition) is 3. The standard InChI is InChI=1S/C20H26O6/c1-13-8-9-20(18(25)26,14(2)10-16(21)22)19(11-13,17(23)24)12-15-6-4-3-5-7-15/h3-7,13-14H,8-12H2,1-2H3,(H,21,22)(H,23,24)(H,25,26). The second-order valence-corrected chi connectivity index (χ2v) is 7.67. The molecule has 1 aliphatic carbocycles. The van der Waals surface area contributed by atoms with Crippen LogP contribution in [0.4, 0.5) is 0 Å². The summed E-state index contributed by atoms with van der Waals surface area (Å²) in [6, 6.07) is 8.98. The van der Waals surface area contributed by atoms with Gasteiger partial charge in [-0.2, -0.15) is 0 Å². The van der Waals surface area contributed by atoms with Gasteiger partial charge < -0.3 is 15.3 Å². The Balaban J connectivity index is 2.65. The van der Waals surface area contributed by atoms with Gasteiger partial charge in [0, 0.05) is 6.42 Å². The maximum Gasteiger partial charge on any atom is 0.311 e. The molecule has 0 aliphatic heterocycles. The van der Waals surface area contributed by atoms with E-state index in [-0.39, 0.29) is 31.6 Å². The zero-order chi connectivity index (χ0) is 19.5. The fourth-order valence-corrected chi connectivity index (χ4v) is 4.80. The van der Waals surface area contributed by atoms with E-state index in [0.29, 0.717) is 6.42 Å². The average molecular weight is 362 g/mol. The molecule has 0 heterocycles. The van der Waals surface area contributed by atoms with Crippen LogP contribution in [0.5, 0.6) is 0 Å². The van der Waals surface area contributed by atoms with E-state index < -0.39 is 34.7 Å². The van der Waals surface area contributed by atoms with Crippen molar-refractivity contribution in [1.82, 2.24) is 0 Å². The van der Waals surface area contributed by atoms with E-state index in [2.05, 4.69) is 0 Å². The molecule has 142 valence electrons. The minimum absolute atomic E-state index is 0.0549. The van der Waals surface area contributed by atoms with Crippen molar-refractivity contribution >= 4 is 17.9 Å². The van der Waals surface area contributed by atoms with Crippen LogP contribution in [0.1, 0.15) is 45.1 Å². The summed E-state index contributed by atoms with van der Waals surface area (Å²) in [5, 5.41) is 29.6. The topological polar surface area (TPSA) is 112 Å². The second-order valence-electron chi connectivity index (χ2n) is 7.67. The third-order valence-corrected chi connectivity index (χ3v) is 6.04. The minimum Gasteiger partial charge on any atom is -0.481 e. The highest BCUT2D eigenvalue weighted by atomic mass is 16.4. The average Bonchev–Trinajstić information content (AvgIpc) is 2.54. The Bertz CT molecular complexity index is 685. The summed E-state index contributed by atoms with van der Waals surface area (Å²) in [6.45, 7) is 3.48. The third-order valence-electron chi connectivity index (χ3n) is 6.04. The van der Waals surface area contributed by atoms with Gasteiger partial charge in [0.15, 0.2) is 0 Å². The van der Waals surface area contributed by atoms with E-state index in [9.17, 15) is 29.7 Å². The van der Waals surface area contributed by atoms with Crippen LogP contribution in [0.2, 0.25) is 0 Å². The van der Waals surface area contributed by atoms with Crippen molar-refractivity contribution in [3.05, 3.63) is 35.9 Å². The quantitative estimate of drug-likeness (QED) is 0.686. The van der Waals surface area contributed by atoms with Gasteiger partial charge in [-0.1, -0.05) is 44.2 Å². The van der Waals surface area contributed by atoms with Crippen molar-refractivity contribution in [3.63, 3.8) is 0 Å². The van der Waals surface area contributed by atoms with Crippen molar-refractivity contribution in [1.29, 1.82) is 0 Å². The summed E-state index contributed by atoms with van der Waals surface area (Å²) in [5.74, 6) is -4.23. The fraction of sp³-hybridized carbons (Fsp3) is 0.550. The van der Waals surface area contributed by atoms with Crippen molar-refractivity contribution < 1.29 is 29.7 Å². The molecule has 26 heavy (non-hydrogen) atoms. The Morgan fingerprint density at radius 2 is 1.73 bits per heavy atom.